The van der Waals surface area contributed by atoms with E-state index in [0.29, 0.717) is 0 Å². The molecule has 0 spiro atoms. The third-order valence-corrected chi connectivity index (χ3v) is 3.09. The number of carboxylic acids is 1. The number of carbonyl (C=O) groups is 2. The first-order valence-electron chi connectivity index (χ1n) is 6.47. The van der Waals surface area contributed by atoms with Crippen molar-refractivity contribution < 1.29 is 29.1 Å². The molecule has 1 aromatic carbocycles. The highest BCUT2D eigenvalue weighted by molar-refractivity contribution is 5.79. The van der Waals surface area contributed by atoms with Crippen LogP contribution < -0.4 is 4.74 Å². The number of hydrogen-bond acceptors (Lipinski definition) is 6. The van der Waals surface area contributed by atoms with Crippen LogP contribution in [0.4, 0.5) is 5.69 Å². The Bertz CT molecular complexity index is 590. The van der Waals surface area contributed by atoms with Crippen molar-refractivity contribution in [3.05, 3.63) is 34.4 Å². The third kappa shape index (κ3) is 3.92. The Labute approximate surface area is 125 Å². The zero-order valence-electron chi connectivity index (χ0n) is 11.5. The van der Waals surface area contributed by atoms with Gasteiger partial charge in [0.1, 0.15) is 5.75 Å². The van der Waals surface area contributed by atoms with Crippen LogP contribution in [-0.2, 0) is 14.3 Å². The van der Waals surface area contributed by atoms with E-state index in [2.05, 4.69) is 0 Å². The van der Waals surface area contributed by atoms with Gasteiger partial charge in [-0.25, -0.2) is 4.79 Å². The van der Waals surface area contributed by atoms with Gasteiger partial charge in [-0.3, -0.25) is 14.9 Å². The van der Waals surface area contributed by atoms with E-state index in [0.717, 1.165) is 0 Å². The Morgan fingerprint density at radius 3 is 2.95 bits per heavy atom. The summed E-state index contributed by atoms with van der Waals surface area (Å²) in [5.74, 6) is -1.33. The van der Waals surface area contributed by atoms with Gasteiger partial charge in [0.2, 0.25) is 0 Å². The minimum Gasteiger partial charge on any atom is -0.484 e. The lowest BCUT2D eigenvalue weighted by Gasteiger charge is -2.30. The van der Waals surface area contributed by atoms with Crippen LogP contribution in [0, 0.1) is 10.1 Å². The molecule has 118 valence electrons. The first kappa shape index (κ1) is 15.7. The summed E-state index contributed by atoms with van der Waals surface area (Å²) in [5, 5.41) is 19.5. The molecule has 1 unspecified atom stereocenters. The normalized spacial score (nSPS) is 17.8. The molecular formula is C13H14N2O7. The number of ether oxygens (including phenoxy) is 2. The van der Waals surface area contributed by atoms with Gasteiger partial charge >= 0.3 is 5.97 Å². The number of non-ortho nitro benzene ring substituents is 1. The Morgan fingerprint density at radius 2 is 2.27 bits per heavy atom. The minimum absolute atomic E-state index is 0.0491. The second-order valence-electron chi connectivity index (χ2n) is 4.58. The van der Waals surface area contributed by atoms with Gasteiger partial charge in [0.25, 0.3) is 11.6 Å². The van der Waals surface area contributed by atoms with Crippen molar-refractivity contribution in [1.82, 2.24) is 4.90 Å². The van der Waals surface area contributed by atoms with Crippen molar-refractivity contribution in [3.63, 3.8) is 0 Å². The number of morpholine rings is 1. The smallest absolute Gasteiger partial charge is 0.334 e. The van der Waals surface area contributed by atoms with Crippen molar-refractivity contribution in [1.29, 1.82) is 0 Å². The van der Waals surface area contributed by atoms with Crippen LogP contribution in [0.1, 0.15) is 0 Å². The number of benzene rings is 1. The Balaban J connectivity index is 1.91. The number of rotatable bonds is 5. The quantitative estimate of drug-likeness (QED) is 0.613. The van der Waals surface area contributed by atoms with Crippen LogP contribution in [0.25, 0.3) is 0 Å². The molecule has 0 saturated carbocycles. The molecule has 9 nitrogen and oxygen atoms in total. The maximum Gasteiger partial charge on any atom is 0.334 e. The summed E-state index contributed by atoms with van der Waals surface area (Å²) >= 11 is 0. The molecule has 0 aliphatic carbocycles. The molecule has 1 heterocycles. The summed E-state index contributed by atoms with van der Waals surface area (Å²) in [4.78, 5) is 34.2. The van der Waals surface area contributed by atoms with Gasteiger partial charge in [0.05, 0.1) is 24.1 Å². The average molecular weight is 310 g/mol. The lowest BCUT2D eigenvalue weighted by Crippen LogP contribution is -2.49. The maximum atomic E-state index is 12.0. The highest BCUT2D eigenvalue weighted by atomic mass is 16.6. The van der Waals surface area contributed by atoms with Crippen LogP contribution in [0.3, 0.4) is 0 Å². The van der Waals surface area contributed by atoms with Crippen LogP contribution in [0.2, 0.25) is 0 Å². The monoisotopic (exact) mass is 310 g/mol. The van der Waals surface area contributed by atoms with Crippen molar-refractivity contribution in [3.8, 4) is 5.75 Å². The number of aliphatic carboxylic acids is 1. The van der Waals surface area contributed by atoms with Crippen LogP contribution in [0.15, 0.2) is 24.3 Å². The van der Waals surface area contributed by atoms with Crippen molar-refractivity contribution in [2.45, 2.75) is 6.10 Å². The second kappa shape index (κ2) is 6.85. The first-order chi connectivity index (χ1) is 10.5. The minimum atomic E-state index is -1.13. The zero-order chi connectivity index (χ0) is 16.1. The Morgan fingerprint density at radius 1 is 1.50 bits per heavy atom. The van der Waals surface area contributed by atoms with Gasteiger partial charge in [0.15, 0.2) is 12.7 Å². The highest BCUT2D eigenvalue weighted by Crippen LogP contribution is 2.19. The van der Waals surface area contributed by atoms with Crippen LogP contribution in [0.5, 0.6) is 5.75 Å². The summed E-state index contributed by atoms with van der Waals surface area (Å²) < 4.78 is 10.2. The van der Waals surface area contributed by atoms with E-state index in [1.165, 1.54) is 29.2 Å². The van der Waals surface area contributed by atoms with Crippen molar-refractivity contribution in [2.24, 2.45) is 0 Å². The zero-order valence-corrected chi connectivity index (χ0v) is 11.5. The molecule has 1 N–H and O–H groups in total. The molecule has 1 saturated heterocycles. The molecular weight excluding hydrogens is 296 g/mol. The largest absolute Gasteiger partial charge is 0.484 e. The third-order valence-electron chi connectivity index (χ3n) is 3.09. The first-order valence-corrected chi connectivity index (χ1v) is 6.47. The molecule has 0 aromatic heterocycles. The fraction of sp³-hybridized carbons (Fsp3) is 0.385. The average Bonchev–Trinajstić information content (AvgIpc) is 2.53. The van der Waals surface area contributed by atoms with Gasteiger partial charge in [-0.2, -0.15) is 0 Å². The lowest BCUT2D eigenvalue weighted by molar-refractivity contribution is -0.384. The number of nitro benzene ring substituents is 1. The summed E-state index contributed by atoms with van der Waals surface area (Å²) in [6.07, 6.45) is -1.05. The predicted molar refractivity (Wildman–Crippen MR) is 72.5 cm³/mol. The standard InChI is InChI=1S/C13H14N2O7/c16-12(14-4-5-21-11(7-14)13(17)18)8-22-10-3-1-2-9(6-10)15(19)20/h1-3,6,11H,4-5,7-8H2,(H,17,18). The van der Waals surface area contributed by atoms with Gasteiger partial charge in [-0.15, -0.1) is 0 Å². The topological polar surface area (TPSA) is 119 Å². The summed E-state index contributed by atoms with van der Waals surface area (Å²) in [6.45, 7) is 0.0421. The highest BCUT2D eigenvalue weighted by Gasteiger charge is 2.29. The van der Waals surface area contributed by atoms with Crippen molar-refractivity contribution >= 4 is 17.6 Å². The Kier molecular flexibility index (Phi) is 4.89. The van der Waals surface area contributed by atoms with Crippen molar-refractivity contribution in [2.75, 3.05) is 26.3 Å². The molecule has 1 aliphatic rings. The molecule has 1 amide bonds. The van der Waals surface area contributed by atoms with Gasteiger partial charge < -0.3 is 19.5 Å². The van der Waals surface area contributed by atoms with E-state index in [1.807, 2.05) is 0 Å². The van der Waals surface area contributed by atoms with E-state index in [4.69, 9.17) is 14.6 Å². The molecule has 1 atom stereocenters. The Hall–Kier alpha value is -2.68. The van der Waals surface area contributed by atoms with Crippen LogP contribution >= 0.6 is 0 Å². The van der Waals surface area contributed by atoms with E-state index < -0.39 is 22.9 Å². The number of nitrogens with zero attached hydrogens (tertiary/aromatic N) is 2. The molecule has 1 fully saturated rings. The molecule has 1 aliphatic heterocycles. The molecule has 1 aromatic rings. The predicted octanol–water partition coefficient (Wildman–Crippen LogP) is 0.286. The number of hydrogen-bond donors (Lipinski definition) is 1. The van der Waals surface area contributed by atoms with E-state index in [9.17, 15) is 19.7 Å². The number of carbonyl (C=O) groups excluding carboxylic acids is 1. The fourth-order valence-electron chi connectivity index (χ4n) is 1.95. The number of carboxylic acid groups (broad SMARTS) is 1. The molecule has 0 radical (unpaired) electrons. The maximum absolute atomic E-state index is 12.0. The molecule has 9 heteroatoms. The summed E-state index contributed by atoms with van der Waals surface area (Å²) in [5.41, 5.74) is -0.137. The SMILES string of the molecule is O=C(O)C1CN(C(=O)COc2cccc([N+](=O)[O-])c2)CCO1. The molecule has 22 heavy (non-hydrogen) atoms. The summed E-state index contributed by atoms with van der Waals surface area (Å²) in [7, 11) is 0. The number of amides is 1. The summed E-state index contributed by atoms with van der Waals surface area (Å²) in [6, 6.07) is 5.48. The van der Waals surface area contributed by atoms with Gasteiger partial charge in [-0.05, 0) is 6.07 Å². The lowest BCUT2D eigenvalue weighted by atomic mass is 10.2. The van der Waals surface area contributed by atoms with Crippen LogP contribution in [-0.4, -0.2) is 59.2 Å². The van der Waals surface area contributed by atoms with E-state index >= 15 is 0 Å². The van der Waals surface area contributed by atoms with Gasteiger partial charge in [-0.1, -0.05) is 6.07 Å². The number of nitro groups is 1. The second-order valence-corrected chi connectivity index (χ2v) is 4.58. The van der Waals surface area contributed by atoms with E-state index in [1.54, 1.807) is 0 Å². The molecule has 2 rings (SSSR count). The fourth-order valence-corrected chi connectivity index (χ4v) is 1.95. The van der Waals surface area contributed by atoms with Gasteiger partial charge in [0, 0.05) is 12.6 Å². The molecule has 0 bridgehead atoms. The van der Waals surface area contributed by atoms with E-state index in [-0.39, 0.29) is 37.7 Å².